The van der Waals surface area contributed by atoms with Gasteiger partial charge in [-0.25, -0.2) is 0 Å². The van der Waals surface area contributed by atoms with Crippen molar-refractivity contribution in [1.29, 1.82) is 0 Å². The van der Waals surface area contributed by atoms with Gasteiger partial charge in [0.25, 0.3) is 0 Å². The van der Waals surface area contributed by atoms with Gasteiger partial charge in [0.05, 0.1) is 12.2 Å². The molecule has 2 aliphatic heterocycles. The number of benzene rings is 1. The Morgan fingerprint density at radius 2 is 1.86 bits per heavy atom. The van der Waals surface area contributed by atoms with Crippen LogP contribution < -0.4 is 4.74 Å². The third-order valence-electron chi connectivity index (χ3n) is 7.04. The first-order chi connectivity index (χ1) is 17.1. The first-order valence-electron chi connectivity index (χ1n) is 13.0. The van der Waals surface area contributed by atoms with Gasteiger partial charge in [-0.05, 0) is 69.1 Å². The minimum atomic E-state index is -0.533. The van der Waals surface area contributed by atoms with Gasteiger partial charge in [0.15, 0.2) is 12.6 Å². The lowest BCUT2D eigenvalue weighted by Crippen LogP contribution is -2.32. The highest BCUT2D eigenvalue weighted by Gasteiger charge is 2.42. The summed E-state index contributed by atoms with van der Waals surface area (Å²) in [5, 5.41) is 21.0. The lowest BCUT2D eigenvalue weighted by molar-refractivity contribution is -0.193. The molecule has 7 atom stereocenters. The summed E-state index contributed by atoms with van der Waals surface area (Å²) in [6.45, 7) is 1.72. The van der Waals surface area contributed by atoms with Crippen LogP contribution in [-0.4, -0.2) is 67.5 Å². The van der Waals surface area contributed by atoms with Crippen LogP contribution in [0.4, 0.5) is 0 Å². The van der Waals surface area contributed by atoms with Crippen LogP contribution in [0, 0.1) is 11.8 Å². The van der Waals surface area contributed by atoms with Crippen molar-refractivity contribution >= 4 is 11.6 Å². The Bertz CT molecular complexity index is 779. The van der Waals surface area contributed by atoms with Crippen LogP contribution in [0.15, 0.2) is 36.4 Å². The van der Waals surface area contributed by atoms with Gasteiger partial charge in [-0.2, -0.15) is 0 Å². The van der Waals surface area contributed by atoms with Gasteiger partial charge >= 0.3 is 0 Å². The average molecular weight is 511 g/mol. The van der Waals surface area contributed by atoms with Crippen molar-refractivity contribution in [3.8, 4) is 5.75 Å². The van der Waals surface area contributed by atoms with Crippen molar-refractivity contribution in [1.82, 2.24) is 0 Å². The van der Waals surface area contributed by atoms with Crippen LogP contribution in [0.1, 0.15) is 51.4 Å². The van der Waals surface area contributed by atoms with E-state index in [9.17, 15) is 10.2 Å². The molecule has 1 aromatic rings. The first kappa shape index (κ1) is 26.9. The maximum atomic E-state index is 10.7. The lowest BCUT2D eigenvalue weighted by atomic mass is 9.90. The third kappa shape index (κ3) is 8.15. The van der Waals surface area contributed by atoms with Crippen molar-refractivity contribution in [2.75, 3.05) is 26.4 Å². The minimum absolute atomic E-state index is 0.0203. The molecule has 2 unspecified atom stereocenters. The second-order valence-electron chi connectivity index (χ2n) is 9.65. The van der Waals surface area contributed by atoms with Gasteiger partial charge < -0.3 is 33.9 Å². The second kappa shape index (κ2) is 13.9. The molecule has 1 saturated carbocycles. The summed E-state index contributed by atoms with van der Waals surface area (Å²) in [6, 6.07) is 7.30. The molecule has 1 aromatic carbocycles. The quantitative estimate of drug-likeness (QED) is 0.424. The summed E-state index contributed by atoms with van der Waals surface area (Å²) in [4.78, 5) is 0. The van der Waals surface area contributed by atoms with E-state index in [0.717, 1.165) is 38.5 Å². The summed E-state index contributed by atoms with van der Waals surface area (Å²) in [5.74, 6) is 0.520. The molecule has 196 valence electrons. The molecule has 8 heteroatoms. The Hall–Kier alpha value is -1.19. The highest BCUT2D eigenvalue weighted by Crippen LogP contribution is 2.39. The number of ether oxygens (including phenoxy) is 5. The number of rotatable bonds is 11. The molecule has 2 N–H and O–H groups in total. The molecule has 0 spiro atoms. The van der Waals surface area contributed by atoms with E-state index in [1.54, 1.807) is 12.1 Å². The molecule has 0 aromatic heterocycles. The summed E-state index contributed by atoms with van der Waals surface area (Å²) >= 11 is 6.11. The van der Waals surface area contributed by atoms with E-state index in [-0.39, 0.29) is 43.2 Å². The number of aliphatic hydroxyl groups is 2. The Kier molecular flexibility index (Phi) is 10.7. The average Bonchev–Trinajstić information content (AvgIpc) is 3.16. The number of aliphatic hydroxyl groups excluding tert-OH is 2. The van der Waals surface area contributed by atoms with Crippen molar-refractivity contribution in [2.45, 2.75) is 82.3 Å². The van der Waals surface area contributed by atoms with Crippen molar-refractivity contribution in [3.05, 3.63) is 41.4 Å². The molecule has 0 radical (unpaired) electrons. The van der Waals surface area contributed by atoms with Crippen LogP contribution in [0.5, 0.6) is 5.75 Å². The molecule has 4 rings (SSSR count). The molecule has 0 amide bonds. The van der Waals surface area contributed by atoms with Crippen LogP contribution in [0.2, 0.25) is 5.02 Å². The van der Waals surface area contributed by atoms with E-state index < -0.39 is 6.10 Å². The van der Waals surface area contributed by atoms with Gasteiger partial charge in [-0.15, -0.1) is 0 Å². The molecule has 3 aliphatic rings. The minimum Gasteiger partial charge on any atom is -0.490 e. The normalized spacial score (nSPS) is 32.7. The van der Waals surface area contributed by atoms with E-state index in [2.05, 4.69) is 6.08 Å². The Morgan fingerprint density at radius 3 is 2.54 bits per heavy atom. The zero-order chi connectivity index (χ0) is 24.5. The molecule has 3 fully saturated rings. The summed E-state index contributed by atoms with van der Waals surface area (Å²) < 4.78 is 30.2. The lowest BCUT2D eigenvalue weighted by Gasteiger charge is -2.30. The zero-order valence-electron chi connectivity index (χ0n) is 20.3. The Labute approximate surface area is 213 Å². The molecular formula is C27H39ClO7. The van der Waals surface area contributed by atoms with Crippen molar-refractivity contribution in [2.24, 2.45) is 11.8 Å². The van der Waals surface area contributed by atoms with E-state index >= 15 is 0 Å². The predicted molar refractivity (Wildman–Crippen MR) is 132 cm³/mol. The monoisotopic (exact) mass is 510 g/mol. The van der Waals surface area contributed by atoms with Gasteiger partial charge in [-0.3, -0.25) is 0 Å². The van der Waals surface area contributed by atoms with E-state index in [1.165, 1.54) is 0 Å². The number of halogens is 1. The third-order valence-corrected chi connectivity index (χ3v) is 7.28. The smallest absolute Gasteiger partial charge is 0.158 e. The fourth-order valence-corrected chi connectivity index (χ4v) is 5.38. The van der Waals surface area contributed by atoms with Gasteiger partial charge in [-0.1, -0.05) is 29.8 Å². The molecule has 0 bridgehead atoms. The second-order valence-corrected chi connectivity index (χ2v) is 10.1. The van der Waals surface area contributed by atoms with Gasteiger partial charge in [0.1, 0.15) is 18.5 Å². The van der Waals surface area contributed by atoms with Gasteiger partial charge in [0.2, 0.25) is 0 Å². The van der Waals surface area contributed by atoms with Crippen LogP contribution in [0.25, 0.3) is 0 Å². The SMILES string of the molecule is OCC[C@@H]1[C@@H](/C=C/[C@H](COc2cccc(Cl)c2)OC2CCCCO2)[C@H](OC2CCCCO2)C[C@@H]1O. The van der Waals surface area contributed by atoms with E-state index in [4.69, 9.17) is 35.3 Å². The molecule has 1 aliphatic carbocycles. The summed E-state index contributed by atoms with van der Waals surface area (Å²) in [7, 11) is 0. The van der Waals surface area contributed by atoms with Crippen LogP contribution in [-0.2, 0) is 18.9 Å². The highest BCUT2D eigenvalue weighted by atomic mass is 35.5. The van der Waals surface area contributed by atoms with Crippen LogP contribution in [0.3, 0.4) is 0 Å². The topological polar surface area (TPSA) is 86.6 Å². The maximum absolute atomic E-state index is 10.7. The fourth-order valence-electron chi connectivity index (χ4n) is 5.20. The fraction of sp³-hybridized carbons (Fsp3) is 0.704. The van der Waals surface area contributed by atoms with E-state index in [1.807, 2.05) is 18.2 Å². The van der Waals surface area contributed by atoms with Gasteiger partial charge in [0, 0.05) is 37.2 Å². The first-order valence-corrected chi connectivity index (χ1v) is 13.4. The number of hydrogen-bond acceptors (Lipinski definition) is 7. The summed E-state index contributed by atoms with van der Waals surface area (Å²) in [5.41, 5.74) is 0. The largest absolute Gasteiger partial charge is 0.490 e. The predicted octanol–water partition coefficient (Wildman–Crippen LogP) is 4.48. The Morgan fingerprint density at radius 1 is 1.09 bits per heavy atom. The van der Waals surface area contributed by atoms with E-state index in [0.29, 0.717) is 43.4 Å². The zero-order valence-corrected chi connectivity index (χ0v) is 21.1. The molecule has 2 heterocycles. The maximum Gasteiger partial charge on any atom is 0.158 e. The molecule has 2 saturated heterocycles. The van der Waals surface area contributed by atoms with Crippen molar-refractivity contribution < 1.29 is 33.9 Å². The van der Waals surface area contributed by atoms with Crippen LogP contribution >= 0.6 is 11.6 Å². The number of hydrogen-bond donors (Lipinski definition) is 2. The molecule has 7 nitrogen and oxygen atoms in total. The summed E-state index contributed by atoms with van der Waals surface area (Å²) in [6.07, 6.45) is 9.49. The highest BCUT2D eigenvalue weighted by molar-refractivity contribution is 6.30. The molecular weight excluding hydrogens is 472 g/mol. The Balaban J connectivity index is 1.46. The molecule has 35 heavy (non-hydrogen) atoms. The van der Waals surface area contributed by atoms with Crippen molar-refractivity contribution in [3.63, 3.8) is 0 Å². The standard InChI is InChI=1S/C27H39ClO7/c28-19-6-5-7-20(16-19)33-18-21(34-26-8-1-3-14-31-26)10-11-23-22(12-13-29)24(30)17-25(23)35-27-9-2-4-15-32-27/h5-7,10-11,16,21-27,29-30H,1-4,8-9,12-15,17-18H2/b11-10+/t21-,22-,23-,24+,25-,26?,27?/m1/s1.